The lowest BCUT2D eigenvalue weighted by atomic mass is 10.2. The van der Waals surface area contributed by atoms with Gasteiger partial charge in [-0.05, 0) is 6.42 Å². The number of rotatable bonds is 5. The van der Waals surface area contributed by atoms with Gasteiger partial charge in [-0.3, -0.25) is 4.79 Å². The lowest BCUT2D eigenvalue weighted by molar-refractivity contribution is -0.131. The zero-order valence-electron chi connectivity index (χ0n) is 9.37. The fraction of sp³-hybridized carbons (Fsp3) is 0.727. The summed E-state index contributed by atoms with van der Waals surface area (Å²) in [6.45, 7) is 6.75. The summed E-state index contributed by atoms with van der Waals surface area (Å²) in [5.74, 6) is 0.157. The van der Waals surface area contributed by atoms with Gasteiger partial charge in [0, 0.05) is 33.1 Å². The highest BCUT2D eigenvalue weighted by molar-refractivity contribution is 5.76. The van der Waals surface area contributed by atoms with E-state index in [9.17, 15) is 4.79 Å². The molecule has 1 atom stereocenters. The summed E-state index contributed by atoms with van der Waals surface area (Å²) in [5.41, 5.74) is 0. The van der Waals surface area contributed by atoms with E-state index >= 15 is 0 Å². The first kappa shape index (κ1) is 12.2. The number of allylic oxidation sites excluding steroid dienone is 1. The monoisotopic (exact) mass is 212 g/mol. The van der Waals surface area contributed by atoms with Crippen molar-refractivity contribution in [2.45, 2.75) is 18.9 Å². The van der Waals surface area contributed by atoms with Crippen LogP contribution < -0.4 is 5.32 Å². The van der Waals surface area contributed by atoms with Gasteiger partial charge in [-0.1, -0.05) is 6.08 Å². The van der Waals surface area contributed by atoms with Gasteiger partial charge in [0.1, 0.15) is 0 Å². The minimum absolute atomic E-state index is 0.136. The van der Waals surface area contributed by atoms with Crippen LogP contribution in [0.2, 0.25) is 0 Å². The summed E-state index contributed by atoms with van der Waals surface area (Å²) < 4.78 is 5.53. The van der Waals surface area contributed by atoms with E-state index < -0.39 is 0 Å². The molecule has 1 heterocycles. The highest BCUT2D eigenvalue weighted by atomic mass is 16.5. The normalized spacial score (nSPS) is 21.0. The standard InChI is InChI=1S/C11H20N2O2/c1-3-4-5-11(14)13(2)9-10-8-12-6-7-15-10/h3,10,12H,1,4-9H2,2H3. The van der Waals surface area contributed by atoms with Gasteiger partial charge in [0.15, 0.2) is 0 Å². The molecule has 0 aromatic rings. The zero-order chi connectivity index (χ0) is 11.1. The average Bonchev–Trinajstić information content (AvgIpc) is 2.27. The highest BCUT2D eigenvalue weighted by Gasteiger charge is 2.17. The number of nitrogens with one attached hydrogen (secondary N) is 1. The predicted molar refractivity (Wildman–Crippen MR) is 59.7 cm³/mol. The average molecular weight is 212 g/mol. The first-order chi connectivity index (χ1) is 7.24. The van der Waals surface area contributed by atoms with Gasteiger partial charge < -0.3 is 15.0 Å². The van der Waals surface area contributed by atoms with E-state index in [4.69, 9.17) is 4.74 Å². The van der Waals surface area contributed by atoms with Crippen LogP contribution in [0.25, 0.3) is 0 Å². The van der Waals surface area contributed by atoms with Crippen molar-refractivity contribution in [3.63, 3.8) is 0 Å². The Bertz CT molecular complexity index is 213. The maximum Gasteiger partial charge on any atom is 0.222 e. The minimum Gasteiger partial charge on any atom is -0.374 e. The van der Waals surface area contributed by atoms with Crippen LogP contribution in [0.4, 0.5) is 0 Å². The van der Waals surface area contributed by atoms with Crippen molar-refractivity contribution >= 4 is 5.91 Å². The molecular formula is C11H20N2O2. The second-order valence-electron chi connectivity index (χ2n) is 3.80. The highest BCUT2D eigenvalue weighted by Crippen LogP contribution is 2.02. The molecular weight excluding hydrogens is 192 g/mol. The number of nitrogens with zero attached hydrogens (tertiary/aromatic N) is 1. The maximum absolute atomic E-state index is 11.6. The Hall–Kier alpha value is -0.870. The second-order valence-corrected chi connectivity index (χ2v) is 3.80. The summed E-state index contributed by atoms with van der Waals surface area (Å²) in [6, 6.07) is 0. The van der Waals surface area contributed by atoms with Crippen molar-refractivity contribution in [3.8, 4) is 0 Å². The molecule has 1 aliphatic heterocycles. The summed E-state index contributed by atoms with van der Waals surface area (Å²) in [6.07, 6.45) is 3.19. The molecule has 0 saturated carbocycles. The van der Waals surface area contributed by atoms with Gasteiger partial charge in [-0.25, -0.2) is 0 Å². The predicted octanol–water partition coefficient (Wildman–Crippen LogP) is 0.399. The molecule has 1 amide bonds. The number of hydrogen-bond acceptors (Lipinski definition) is 3. The Kier molecular flexibility index (Phi) is 5.36. The van der Waals surface area contributed by atoms with Gasteiger partial charge in [0.2, 0.25) is 5.91 Å². The Morgan fingerprint density at radius 3 is 3.13 bits per heavy atom. The summed E-state index contributed by atoms with van der Waals surface area (Å²) >= 11 is 0. The first-order valence-corrected chi connectivity index (χ1v) is 5.41. The number of amides is 1. The lowest BCUT2D eigenvalue weighted by Crippen LogP contribution is -2.45. The second kappa shape index (κ2) is 6.58. The number of morpholine rings is 1. The summed E-state index contributed by atoms with van der Waals surface area (Å²) in [7, 11) is 1.82. The smallest absolute Gasteiger partial charge is 0.222 e. The molecule has 0 aromatic carbocycles. The third kappa shape index (κ3) is 4.44. The molecule has 1 aliphatic rings. The number of carbonyl (C=O) groups excluding carboxylic acids is 1. The van der Waals surface area contributed by atoms with Crippen molar-refractivity contribution in [3.05, 3.63) is 12.7 Å². The van der Waals surface area contributed by atoms with E-state index in [1.54, 1.807) is 11.0 Å². The fourth-order valence-electron chi connectivity index (χ4n) is 1.56. The van der Waals surface area contributed by atoms with Crippen molar-refractivity contribution in [2.24, 2.45) is 0 Å². The number of likely N-dealkylation sites (N-methyl/N-ethyl adjacent to an activating group) is 1. The molecule has 0 aliphatic carbocycles. The van der Waals surface area contributed by atoms with Crippen LogP contribution >= 0.6 is 0 Å². The molecule has 0 radical (unpaired) electrons. The van der Waals surface area contributed by atoms with Crippen LogP contribution in [0.3, 0.4) is 0 Å². The molecule has 0 bridgehead atoms. The van der Waals surface area contributed by atoms with E-state index in [1.165, 1.54) is 0 Å². The van der Waals surface area contributed by atoms with Crippen LogP contribution in [-0.2, 0) is 9.53 Å². The van der Waals surface area contributed by atoms with Gasteiger partial charge in [-0.15, -0.1) is 6.58 Å². The first-order valence-electron chi connectivity index (χ1n) is 5.41. The molecule has 15 heavy (non-hydrogen) atoms. The maximum atomic E-state index is 11.6. The number of ether oxygens (including phenoxy) is 1. The molecule has 1 rings (SSSR count). The molecule has 4 heteroatoms. The van der Waals surface area contributed by atoms with E-state index in [0.717, 1.165) is 26.1 Å². The van der Waals surface area contributed by atoms with Crippen LogP contribution in [0.5, 0.6) is 0 Å². The Morgan fingerprint density at radius 2 is 2.53 bits per heavy atom. The fourth-order valence-corrected chi connectivity index (χ4v) is 1.56. The Balaban J connectivity index is 2.23. The molecule has 86 valence electrons. The Labute approximate surface area is 91.3 Å². The summed E-state index contributed by atoms with van der Waals surface area (Å²) in [4.78, 5) is 13.3. The molecule has 1 fully saturated rings. The van der Waals surface area contributed by atoms with E-state index in [-0.39, 0.29) is 12.0 Å². The van der Waals surface area contributed by atoms with Gasteiger partial charge in [0.25, 0.3) is 0 Å². The molecule has 1 saturated heterocycles. The van der Waals surface area contributed by atoms with E-state index in [2.05, 4.69) is 11.9 Å². The molecule has 1 unspecified atom stereocenters. The summed E-state index contributed by atoms with van der Waals surface area (Å²) in [5, 5.41) is 3.24. The number of carbonyl (C=O) groups is 1. The topological polar surface area (TPSA) is 41.6 Å². The molecule has 4 nitrogen and oxygen atoms in total. The van der Waals surface area contributed by atoms with Gasteiger partial charge in [0.05, 0.1) is 12.7 Å². The minimum atomic E-state index is 0.136. The molecule has 0 aromatic heterocycles. The van der Waals surface area contributed by atoms with E-state index in [1.807, 2.05) is 7.05 Å². The molecule has 1 N–H and O–H groups in total. The third-order valence-electron chi connectivity index (χ3n) is 2.47. The van der Waals surface area contributed by atoms with Crippen molar-refractivity contribution in [1.82, 2.24) is 10.2 Å². The molecule has 0 spiro atoms. The number of hydrogen-bond donors (Lipinski definition) is 1. The largest absolute Gasteiger partial charge is 0.374 e. The van der Waals surface area contributed by atoms with Gasteiger partial charge >= 0.3 is 0 Å². The van der Waals surface area contributed by atoms with Gasteiger partial charge in [-0.2, -0.15) is 0 Å². The van der Waals surface area contributed by atoms with Crippen molar-refractivity contribution in [2.75, 3.05) is 33.3 Å². The van der Waals surface area contributed by atoms with Crippen LogP contribution in [-0.4, -0.2) is 50.2 Å². The van der Waals surface area contributed by atoms with Crippen LogP contribution in [0.15, 0.2) is 12.7 Å². The van der Waals surface area contributed by atoms with Crippen LogP contribution in [0.1, 0.15) is 12.8 Å². The van der Waals surface area contributed by atoms with E-state index in [0.29, 0.717) is 13.0 Å². The Morgan fingerprint density at radius 1 is 1.73 bits per heavy atom. The van der Waals surface area contributed by atoms with Crippen LogP contribution in [0, 0.1) is 0 Å². The quantitative estimate of drug-likeness (QED) is 0.671. The van der Waals surface area contributed by atoms with Crippen molar-refractivity contribution < 1.29 is 9.53 Å². The zero-order valence-corrected chi connectivity index (χ0v) is 9.37. The van der Waals surface area contributed by atoms with Crippen molar-refractivity contribution in [1.29, 1.82) is 0 Å². The lowest BCUT2D eigenvalue weighted by Gasteiger charge is -2.28. The SMILES string of the molecule is C=CCCC(=O)N(C)CC1CNCCO1. The third-order valence-corrected chi connectivity index (χ3v) is 2.47.